The van der Waals surface area contributed by atoms with Crippen molar-refractivity contribution in [1.82, 2.24) is 5.32 Å². The van der Waals surface area contributed by atoms with E-state index < -0.39 is 0 Å². The Morgan fingerprint density at radius 1 is 1.31 bits per heavy atom. The molecule has 1 N–H and O–H groups in total. The highest BCUT2D eigenvalue weighted by atomic mass is 19.1. The fourth-order valence-electron chi connectivity index (χ4n) is 2.07. The van der Waals surface area contributed by atoms with E-state index in [-0.39, 0.29) is 5.82 Å². The van der Waals surface area contributed by atoms with Crippen molar-refractivity contribution in [3.8, 4) is 0 Å². The fraction of sp³-hybridized carbons (Fsp3) is 0.571. The second-order valence-electron chi connectivity index (χ2n) is 4.77. The molecule has 16 heavy (non-hydrogen) atoms. The van der Waals surface area contributed by atoms with Crippen LogP contribution in [0.4, 0.5) is 4.39 Å². The molecule has 0 bridgehead atoms. The normalized spacial score (nSPS) is 13.1. The van der Waals surface area contributed by atoms with Gasteiger partial charge in [-0.3, -0.25) is 0 Å². The first-order chi connectivity index (χ1) is 7.63. The van der Waals surface area contributed by atoms with Crippen LogP contribution in [0.15, 0.2) is 24.3 Å². The van der Waals surface area contributed by atoms with E-state index in [1.807, 2.05) is 13.1 Å². The third-order valence-electron chi connectivity index (χ3n) is 2.82. The first-order valence-electron chi connectivity index (χ1n) is 6.03. The van der Waals surface area contributed by atoms with Crippen molar-refractivity contribution in [3.05, 3.63) is 35.6 Å². The molecule has 0 aliphatic carbocycles. The van der Waals surface area contributed by atoms with E-state index in [0.29, 0.717) is 11.8 Å². The van der Waals surface area contributed by atoms with Crippen LogP contribution in [0.2, 0.25) is 0 Å². The maximum atomic E-state index is 13.2. The van der Waals surface area contributed by atoms with Crippen LogP contribution in [0.5, 0.6) is 0 Å². The molecule has 0 spiro atoms. The van der Waals surface area contributed by atoms with Gasteiger partial charge in [0, 0.05) is 0 Å². The Labute approximate surface area is 98.1 Å². The molecular weight excluding hydrogens is 201 g/mol. The van der Waals surface area contributed by atoms with Crippen LogP contribution in [-0.2, 0) is 0 Å². The van der Waals surface area contributed by atoms with Gasteiger partial charge in [-0.2, -0.15) is 0 Å². The lowest BCUT2D eigenvalue weighted by atomic mass is 9.88. The van der Waals surface area contributed by atoms with E-state index in [0.717, 1.165) is 24.9 Å². The number of rotatable bonds is 6. The Morgan fingerprint density at radius 3 is 2.62 bits per heavy atom. The maximum Gasteiger partial charge on any atom is 0.123 e. The molecule has 0 amide bonds. The van der Waals surface area contributed by atoms with Crippen LogP contribution in [0.25, 0.3) is 0 Å². The summed E-state index contributed by atoms with van der Waals surface area (Å²) in [7, 11) is 1.96. The summed E-state index contributed by atoms with van der Waals surface area (Å²) in [5.41, 5.74) is 1.13. The minimum absolute atomic E-state index is 0.129. The SMILES string of the molecule is CNCCC(CC(C)C)c1cccc(F)c1. The van der Waals surface area contributed by atoms with E-state index in [9.17, 15) is 4.39 Å². The van der Waals surface area contributed by atoms with Gasteiger partial charge in [0.05, 0.1) is 0 Å². The minimum atomic E-state index is -0.129. The van der Waals surface area contributed by atoms with Gasteiger partial charge >= 0.3 is 0 Å². The molecule has 1 nitrogen and oxygen atoms in total. The van der Waals surface area contributed by atoms with E-state index in [2.05, 4.69) is 19.2 Å². The summed E-state index contributed by atoms with van der Waals surface area (Å²) in [6, 6.07) is 7.01. The van der Waals surface area contributed by atoms with Gasteiger partial charge in [-0.15, -0.1) is 0 Å². The van der Waals surface area contributed by atoms with Crippen LogP contribution in [0, 0.1) is 11.7 Å². The predicted octanol–water partition coefficient (Wildman–Crippen LogP) is 3.56. The van der Waals surface area contributed by atoms with Gasteiger partial charge in [-0.05, 0) is 56.0 Å². The van der Waals surface area contributed by atoms with Crippen molar-refractivity contribution in [1.29, 1.82) is 0 Å². The summed E-state index contributed by atoms with van der Waals surface area (Å²) >= 11 is 0. The zero-order valence-corrected chi connectivity index (χ0v) is 10.5. The topological polar surface area (TPSA) is 12.0 Å². The molecule has 0 radical (unpaired) electrons. The van der Waals surface area contributed by atoms with Crippen molar-refractivity contribution in [3.63, 3.8) is 0 Å². The lowest BCUT2D eigenvalue weighted by Crippen LogP contribution is -2.13. The van der Waals surface area contributed by atoms with E-state index >= 15 is 0 Å². The van der Waals surface area contributed by atoms with Gasteiger partial charge in [0.1, 0.15) is 5.82 Å². The number of benzene rings is 1. The van der Waals surface area contributed by atoms with E-state index in [1.54, 1.807) is 12.1 Å². The summed E-state index contributed by atoms with van der Waals surface area (Å²) in [5.74, 6) is 0.976. The average Bonchev–Trinajstić information content (AvgIpc) is 2.23. The second-order valence-corrected chi connectivity index (χ2v) is 4.77. The van der Waals surface area contributed by atoms with Gasteiger partial charge in [0.25, 0.3) is 0 Å². The summed E-state index contributed by atoms with van der Waals surface area (Å²) in [5, 5.41) is 3.16. The lowest BCUT2D eigenvalue weighted by molar-refractivity contribution is 0.468. The Kier molecular flexibility index (Phi) is 5.47. The molecule has 0 fully saturated rings. The molecule has 1 rings (SSSR count). The molecule has 90 valence electrons. The molecular formula is C14H22FN. The first kappa shape index (κ1) is 13.2. The first-order valence-corrected chi connectivity index (χ1v) is 6.03. The molecule has 0 heterocycles. The minimum Gasteiger partial charge on any atom is -0.320 e. The zero-order valence-electron chi connectivity index (χ0n) is 10.5. The standard InChI is InChI=1S/C14H22FN/c1-11(2)9-13(7-8-16-3)12-5-4-6-14(15)10-12/h4-6,10-11,13,16H,7-9H2,1-3H3. The third kappa shape index (κ3) is 4.31. The lowest BCUT2D eigenvalue weighted by Gasteiger charge is -2.19. The summed E-state index contributed by atoms with van der Waals surface area (Å²) in [6.45, 7) is 5.41. The van der Waals surface area contributed by atoms with E-state index in [1.165, 1.54) is 6.07 Å². The number of halogens is 1. The average molecular weight is 223 g/mol. The molecule has 0 aromatic heterocycles. The number of hydrogen-bond donors (Lipinski definition) is 1. The van der Waals surface area contributed by atoms with Crippen LogP contribution in [0.3, 0.4) is 0 Å². The van der Waals surface area contributed by atoms with Crippen LogP contribution in [-0.4, -0.2) is 13.6 Å². The molecule has 0 saturated carbocycles. The quantitative estimate of drug-likeness (QED) is 0.777. The van der Waals surface area contributed by atoms with Crippen LogP contribution < -0.4 is 5.32 Å². The summed E-state index contributed by atoms with van der Waals surface area (Å²) in [4.78, 5) is 0. The largest absolute Gasteiger partial charge is 0.320 e. The number of nitrogens with one attached hydrogen (secondary N) is 1. The predicted molar refractivity (Wildman–Crippen MR) is 67.1 cm³/mol. The summed E-state index contributed by atoms with van der Waals surface area (Å²) < 4.78 is 13.2. The van der Waals surface area contributed by atoms with Gasteiger partial charge in [-0.25, -0.2) is 4.39 Å². The molecule has 1 aromatic carbocycles. The van der Waals surface area contributed by atoms with Crippen LogP contribution >= 0.6 is 0 Å². The second kappa shape index (κ2) is 6.64. The molecule has 0 aliphatic rings. The molecule has 0 saturated heterocycles. The third-order valence-corrected chi connectivity index (χ3v) is 2.82. The maximum absolute atomic E-state index is 13.2. The Morgan fingerprint density at radius 2 is 2.06 bits per heavy atom. The van der Waals surface area contributed by atoms with Gasteiger partial charge in [-0.1, -0.05) is 26.0 Å². The fourth-order valence-corrected chi connectivity index (χ4v) is 2.07. The highest BCUT2D eigenvalue weighted by molar-refractivity contribution is 5.20. The monoisotopic (exact) mass is 223 g/mol. The molecule has 1 aromatic rings. The van der Waals surface area contributed by atoms with Gasteiger partial charge in [0.2, 0.25) is 0 Å². The Hall–Kier alpha value is -0.890. The molecule has 2 heteroatoms. The zero-order chi connectivity index (χ0) is 12.0. The Bertz CT molecular complexity index is 309. The van der Waals surface area contributed by atoms with Crippen molar-refractivity contribution >= 4 is 0 Å². The highest BCUT2D eigenvalue weighted by Gasteiger charge is 2.13. The number of hydrogen-bond acceptors (Lipinski definition) is 1. The smallest absolute Gasteiger partial charge is 0.123 e. The van der Waals surface area contributed by atoms with Gasteiger partial charge < -0.3 is 5.32 Å². The molecule has 1 atom stereocenters. The molecule has 1 unspecified atom stereocenters. The van der Waals surface area contributed by atoms with Gasteiger partial charge in [0.15, 0.2) is 0 Å². The van der Waals surface area contributed by atoms with Crippen molar-refractivity contribution in [2.24, 2.45) is 5.92 Å². The summed E-state index contributed by atoms with van der Waals surface area (Å²) in [6.07, 6.45) is 2.18. The Balaban J connectivity index is 2.74. The highest BCUT2D eigenvalue weighted by Crippen LogP contribution is 2.27. The van der Waals surface area contributed by atoms with Crippen molar-refractivity contribution in [2.75, 3.05) is 13.6 Å². The van der Waals surface area contributed by atoms with Crippen LogP contribution in [0.1, 0.15) is 38.2 Å². The molecule has 0 aliphatic heterocycles. The van der Waals surface area contributed by atoms with E-state index in [4.69, 9.17) is 0 Å². The van der Waals surface area contributed by atoms with Crippen molar-refractivity contribution in [2.45, 2.75) is 32.6 Å². The van der Waals surface area contributed by atoms with Crippen molar-refractivity contribution < 1.29 is 4.39 Å².